The number of hydrogen-bond acceptors (Lipinski definition) is 8. The molecule has 3 unspecified atom stereocenters. The Balaban J connectivity index is 1.45. The van der Waals surface area contributed by atoms with Crippen LogP contribution in [0.3, 0.4) is 0 Å². The molecule has 0 bridgehead atoms. The summed E-state index contributed by atoms with van der Waals surface area (Å²) in [6.45, 7) is 9.16. The van der Waals surface area contributed by atoms with E-state index in [1.165, 1.54) is 25.7 Å². The van der Waals surface area contributed by atoms with E-state index < -0.39 is 5.76 Å². The zero-order valence-corrected chi connectivity index (χ0v) is 23.5. The molecule has 7 rings (SSSR count). The third kappa shape index (κ3) is 4.52. The van der Waals surface area contributed by atoms with E-state index in [4.69, 9.17) is 19.2 Å². The maximum absolute atomic E-state index is 11.8. The van der Waals surface area contributed by atoms with Gasteiger partial charge in [-0.1, -0.05) is 31.8 Å². The number of nitrogens with zero attached hydrogens (tertiary/aromatic N) is 6. The van der Waals surface area contributed by atoms with Gasteiger partial charge >= 0.3 is 5.76 Å². The number of imidazole rings is 1. The predicted molar refractivity (Wildman–Crippen MR) is 152 cm³/mol. The molecule has 4 aromatic rings. The number of rotatable bonds is 5. The van der Waals surface area contributed by atoms with Gasteiger partial charge in [0.25, 0.3) is 0 Å². The highest BCUT2D eigenvalue weighted by Gasteiger charge is 2.43. The van der Waals surface area contributed by atoms with Gasteiger partial charge in [0, 0.05) is 31.0 Å². The van der Waals surface area contributed by atoms with Gasteiger partial charge in [-0.3, -0.25) is 14.5 Å². The summed E-state index contributed by atoms with van der Waals surface area (Å²) in [5.74, 6) is 2.58. The summed E-state index contributed by atoms with van der Waals surface area (Å²) in [4.78, 5) is 31.9. The molecule has 10 nitrogen and oxygen atoms in total. The van der Waals surface area contributed by atoms with Gasteiger partial charge in [0.05, 0.1) is 35.5 Å². The third-order valence-electron chi connectivity index (χ3n) is 9.26. The van der Waals surface area contributed by atoms with Crippen molar-refractivity contribution in [2.24, 2.45) is 17.8 Å². The van der Waals surface area contributed by atoms with Crippen LogP contribution in [0.2, 0.25) is 0 Å². The zero-order chi connectivity index (χ0) is 27.4. The number of aromatic amines is 1. The van der Waals surface area contributed by atoms with Gasteiger partial charge in [-0.25, -0.2) is 14.8 Å². The summed E-state index contributed by atoms with van der Waals surface area (Å²) in [5.41, 5.74) is 5.11. The monoisotopic (exact) mass is 543 g/mol. The summed E-state index contributed by atoms with van der Waals surface area (Å²) < 4.78 is 13.5. The Hall–Kier alpha value is -3.53. The normalized spacial score (nSPS) is 26.9. The topological polar surface area (TPSA) is 115 Å². The number of pyridine rings is 2. The first-order valence-electron chi connectivity index (χ1n) is 14.7. The van der Waals surface area contributed by atoms with Crippen molar-refractivity contribution in [3.05, 3.63) is 40.6 Å². The van der Waals surface area contributed by atoms with Crippen molar-refractivity contribution in [3.8, 4) is 22.8 Å². The van der Waals surface area contributed by atoms with Crippen LogP contribution in [0.15, 0.2) is 33.8 Å². The minimum atomic E-state index is -0.608. The largest absolute Gasteiger partial charge is 0.439 e. The lowest BCUT2D eigenvalue weighted by Gasteiger charge is -2.41. The van der Waals surface area contributed by atoms with Gasteiger partial charge in [0.1, 0.15) is 5.69 Å². The fraction of sp³-hybridized carbons (Fsp3) is 0.567. The Morgan fingerprint density at radius 2 is 1.90 bits per heavy atom. The third-order valence-corrected chi connectivity index (χ3v) is 9.26. The maximum atomic E-state index is 11.8. The van der Waals surface area contributed by atoms with Crippen LogP contribution in [-0.2, 0) is 11.3 Å². The molecule has 1 N–H and O–H groups in total. The van der Waals surface area contributed by atoms with Crippen LogP contribution in [0.5, 0.6) is 0 Å². The number of fused-ring (bicyclic) bond motifs is 2. The molecule has 4 aromatic heterocycles. The predicted octanol–water partition coefficient (Wildman–Crippen LogP) is 4.98. The SMILES string of the molecule is Cc1cncc(-c2nc(-c3noc(=O)[nH]3)cc3nc(N4CCOC5CCC(C)C54)n(CC4CCC(C)CC4)c23)c1. The number of morpholine rings is 1. The van der Waals surface area contributed by atoms with Crippen molar-refractivity contribution < 1.29 is 9.26 Å². The van der Waals surface area contributed by atoms with Gasteiger partial charge in [-0.15, -0.1) is 0 Å². The van der Waals surface area contributed by atoms with Crippen LogP contribution in [0, 0.1) is 24.7 Å². The van der Waals surface area contributed by atoms with Crippen LogP contribution in [0.25, 0.3) is 33.8 Å². The fourth-order valence-corrected chi connectivity index (χ4v) is 7.16. The number of H-pyrrole nitrogens is 1. The second-order valence-electron chi connectivity index (χ2n) is 12.2. The highest BCUT2D eigenvalue weighted by atomic mass is 16.5. The summed E-state index contributed by atoms with van der Waals surface area (Å²) >= 11 is 0. The van der Waals surface area contributed by atoms with Crippen molar-refractivity contribution in [3.63, 3.8) is 0 Å². The average Bonchev–Trinajstić information content (AvgIpc) is 3.66. The summed E-state index contributed by atoms with van der Waals surface area (Å²) in [6, 6.07) is 4.33. The van der Waals surface area contributed by atoms with E-state index in [0.29, 0.717) is 36.0 Å². The highest BCUT2D eigenvalue weighted by Crippen LogP contribution is 2.41. The number of nitrogens with one attached hydrogen (secondary N) is 1. The summed E-state index contributed by atoms with van der Waals surface area (Å²) in [7, 11) is 0. The molecule has 10 heteroatoms. The lowest BCUT2D eigenvalue weighted by molar-refractivity contribution is 0.0196. The lowest BCUT2D eigenvalue weighted by Crippen LogP contribution is -2.52. The first kappa shape index (κ1) is 25.4. The van der Waals surface area contributed by atoms with Gasteiger partial charge < -0.3 is 14.2 Å². The number of aryl methyl sites for hydroxylation is 1. The molecule has 2 aliphatic carbocycles. The quantitative estimate of drug-likeness (QED) is 0.375. The molecular weight excluding hydrogens is 506 g/mol. The van der Waals surface area contributed by atoms with Crippen LogP contribution in [0.1, 0.15) is 57.9 Å². The van der Waals surface area contributed by atoms with Crippen LogP contribution < -0.4 is 10.7 Å². The van der Waals surface area contributed by atoms with E-state index in [0.717, 1.165) is 65.7 Å². The van der Waals surface area contributed by atoms with Gasteiger partial charge in [0.15, 0.2) is 0 Å². The lowest BCUT2D eigenvalue weighted by atomic mass is 9.83. The van der Waals surface area contributed by atoms with Crippen molar-refractivity contribution in [2.45, 2.75) is 78.0 Å². The molecular formula is C30H37N7O3. The van der Waals surface area contributed by atoms with Crippen LogP contribution in [0.4, 0.5) is 5.95 Å². The number of ether oxygens (including phenoxy) is 1. The molecule has 2 saturated carbocycles. The standard InChI is InChI=1S/C30H37N7O3/c1-17-4-7-20(8-5-17)16-37-27-22(33-29(37)36-10-11-39-24-9-6-19(3)26(24)36)13-23(28-34-30(38)40-35-28)32-25(27)21-12-18(2)14-31-15-21/h12-15,17,19-20,24,26H,4-11,16H2,1-3H3,(H,34,35,38). The van der Waals surface area contributed by atoms with Gasteiger partial charge in [-0.2, -0.15) is 0 Å². The molecule has 3 atom stereocenters. The Morgan fingerprint density at radius 3 is 2.67 bits per heavy atom. The molecule has 1 aliphatic heterocycles. The molecule has 0 radical (unpaired) electrons. The van der Waals surface area contributed by atoms with E-state index in [-0.39, 0.29) is 6.10 Å². The average molecular weight is 544 g/mol. The van der Waals surface area contributed by atoms with E-state index in [2.05, 4.69) is 44.5 Å². The zero-order valence-electron chi connectivity index (χ0n) is 23.5. The molecule has 0 spiro atoms. The van der Waals surface area contributed by atoms with E-state index >= 15 is 0 Å². The smallest absolute Gasteiger partial charge is 0.374 e. The van der Waals surface area contributed by atoms with Crippen molar-refractivity contribution >= 4 is 17.0 Å². The molecule has 210 valence electrons. The highest BCUT2D eigenvalue weighted by molar-refractivity contribution is 5.94. The first-order chi connectivity index (χ1) is 19.4. The minimum absolute atomic E-state index is 0.238. The number of hydrogen-bond donors (Lipinski definition) is 1. The molecule has 5 heterocycles. The molecule has 0 aromatic carbocycles. The summed E-state index contributed by atoms with van der Waals surface area (Å²) in [6.07, 6.45) is 11.2. The maximum Gasteiger partial charge on any atom is 0.439 e. The molecule has 3 aliphatic rings. The first-order valence-corrected chi connectivity index (χ1v) is 14.7. The number of aromatic nitrogens is 6. The molecule has 3 fully saturated rings. The number of anilines is 1. The van der Waals surface area contributed by atoms with Crippen LogP contribution >= 0.6 is 0 Å². The minimum Gasteiger partial charge on any atom is -0.374 e. The second kappa shape index (κ2) is 10.1. The van der Waals surface area contributed by atoms with Gasteiger partial charge in [-0.05, 0) is 68.1 Å². The fourth-order valence-electron chi connectivity index (χ4n) is 7.16. The van der Waals surface area contributed by atoms with Crippen molar-refractivity contribution in [2.75, 3.05) is 18.1 Å². The molecule has 40 heavy (non-hydrogen) atoms. The van der Waals surface area contributed by atoms with Crippen molar-refractivity contribution in [1.82, 2.24) is 29.7 Å². The van der Waals surface area contributed by atoms with Gasteiger partial charge in [0.2, 0.25) is 11.8 Å². The molecule has 1 saturated heterocycles. The van der Waals surface area contributed by atoms with E-state index in [1.807, 2.05) is 25.4 Å². The Bertz CT molecular complexity index is 1580. The Morgan fingerprint density at radius 1 is 1.05 bits per heavy atom. The Kier molecular flexibility index (Phi) is 6.45. The molecule has 0 amide bonds. The van der Waals surface area contributed by atoms with Crippen molar-refractivity contribution in [1.29, 1.82) is 0 Å². The summed E-state index contributed by atoms with van der Waals surface area (Å²) in [5, 5.41) is 3.94. The van der Waals surface area contributed by atoms with Crippen LogP contribution in [-0.4, -0.2) is 55.0 Å². The van der Waals surface area contributed by atoms with E-state index in [9.17, 15) is 4.79 Å². The second-order valence-corrected chi connectivity index (χ2v) is 12.2. The Labute approximate surface area is 233 Å². The van der Waals surface area contributed by atoms with E-state index in [1.54, 1.807) is 0 Å².